The summed E-state index contributed by atoms with van der Waals surface area (Å²) in [6.07, 6.45) is 4.48. The molecule has 1 aromatic rings. The predicted molar refractivity (Wildman–Crippen MR) is 71.1 cm³/mol. The molecule has 2 saturated heterocycles. The lowest BCUT2D eigenvalue weighted by molar-refractivity contribution is 0.0537. The molecular weight excluding hydrogens is 226 g/mol. The Hall–Kier alpha value is -0.840. The lowest BCUT2D eigenvalue weighted by Crippen LogP contribution is -2.54. The smallest absolute Gasteiger partial charge is 0.121 e. The topological polar surface area (TPSA) is 45.6 Å². The summed E-state index contributed by atoms with van der Waals surface area (Å²) in [5.74, 6) is 0.941. The number of nitrogens with two attached hydrogens (primary N) is 1. The van der Waals surface area contributed by atoms with Gasteiger partial charge >= 0.3 is 0 Å². The van der Waals surface area contributed by atoms with Gasteiger partial charge in [0.05, 0.1) is 12.8 Å². The Morgan fingerprint density at radius 1 is 1.44 bits per heavy atom. The van der Waals surface area contributed by atoms with Crippen LogP contribution in [0.3, 0.4) is 0 Å². The highest BCUT2D eigenvalue weighted by atomic mass is 16.3. The summed E-state index contributed by atoms with van der Waals surface area (Å²) >= 11 is 0. The maximum Gasteiger partial charge on any atom is 0.121 e. The molecule has 3 rings (SSSR count). The minimum atomic E-state index is 0.500. The number of rotatable bonds is 3. The van der Waals surface area contributed by atoms with E-state index in [1.54, 1.807) is 6.26 Å². The Bertz CT molecular complexity index is 403. The second kappa shape index (κ2) is 5.03. The minimum absolute atomic E-state index is 0.500. The van der Waals surface area contributed by atoms with Gasteiger partial charge in [0, 0.05) is 37.3 Å². The summed E-state index contributed by atoms with van der Waals surface area (Å²) in [6, 6.07) is 3.46. The summed E-state index contributed by atoms with van der Waals surface area (Å²) < 4.78 is 5.42. The van der Waals surface area contributed by atoms with Crippen LogP contribution in [0.25, 0.3) is 0 Å². The van der Waals surface area contributed by atoms with Gasteiger partial charge in [0.25, 0.3) is 0 Å². The molecule has 100 valence electrons. The number of hydrogen-bond donors (Lipinski definition) is 1. The SMILES string of the molecule is CC1CN2CCCC2CN1Cc1ccoc1CN. The van der Waals surface area contributed by atoms with E-state index >= 15 is 0 Å². The van der Waals surface area contributed by atoms with Crippen molar-refractivity contribution in [1.29, 1.82) is 0 Å². The Morgan fingerprint density at radius 3 is 3.17 bits per heavy atom. The van der Waals surface area contributed by atoms with Crippen LogP contribution in [0.15, 0.2) is 16.7 Å². The van der Waals surface area contributed by atoms with Crippen molar-refractivity contribution >= 4 is 0 Å². The van der Waals surface area contributed by atoms with E-state index in [1.807, 2.05) is 0 Å². The van der Waals surface area contributed by atoms with Gasteiger partial charge in [-0.1, -0.05) is 0 Å². The van der Waals surface area contributed by atoms with Gasteiger partial charge in [0.1, 0.15) is 5.76 Å². The van der Waals surface area contributed by atoms with E-state index in [1.165, 1.54) is 38.0 Å². The van der Waals surface area contributed by atoms with E-state index in [0.717, 1.165) is 18.3 Å². The van der Waals surface area contributed by atoms with Crippen molar-refractivity contribution in [2.45, 2.75) is 44.9 Å². The molecule has 0 aromatic carbocycles. The average molecular weight is 249 g/mol. The molecule has 0 saturated carbocycles. The predicted octanol–water partition coefficient (Wildman–Crippen LogP) is 1.41. The molecule has 2 N–H and O–H groups in total. The molecule has 2 fully saturated rings. The van der Waals surface area contributed by atoms with Crippen molar-refractivity contribution in [2.24, 2.45) is 5.73 Å². The third kappa shape index (κ3) is 2.20. The molecule has 0 bridgehead atoms. The van der Waals surface area contributed by atoms with Crippen molar-refractivity contribution in [1.82, 2.24) is 9.80 Å². The third-order valence-electron chi connectivity index (χ3n) is 4.46. The number of fused-ring (bicyclic) bond motifs is 1. The minimum Gasteiger partial charge on any atom is -0.468 e. The van der Waals surface area contributed by atoms with Crippen LogP contribution in [-0.4, -0.2) is 41.5 Å². The summed E-state index contributed by atoms with van der Waals surface area (Å²) in [5, 5.41) is 0. The fourth-order valence-corrected chi connectivity index (χ4v) is 3.37. The lowest BCUT2D eigenvalue weighted by atomic mass is 10.1. The van der Waals surface area contributed by atoms with Crippen molar-refractivity contribution < 1.29 is 4.42 Å². The maximum absolute atomic E-state index is 5.70. The van der Waals surface area contributed by atoms with Gasteiger partial charge < -0.3 is 10.2 Å². The molecule has 2 unspecified atom stereocenters. The molecule has 0 radical (unpaired) electrons. The zero-order valence-corrected chi connectivity index (χ0v) is 11.1. The molecule has 4 heteroatoms. The molecule has 2 atom stereocenters. The van der Waals surface area contributed by atoms with Crippen molar-refractivity contribution in [3.63, 3.8) is 0 Å². The molecule has 4 nitrogen and oxygen atoms in total. The number of furan rings is 1. The fourth-order valence-electron chi connectivity index (χ4n) is 3.37. The highest BCUT2D eigenvalue weighted by Gasteiger charge is 2.34. The summed E-state index contributed by atoms with van der Waals surface area (Å²) in [6.45, 7) is 7.50. The van der Waals surface area contributed by atoms with Gasteiger partial charge in [-0.25, -0.2) is 0 Å². The van der Waals surface area contributed by atoms with Crippen LogP contribution in [-0.2, 0) is 13.1 Å². The van der Waals surface area contributed by atoms with E-state index in [0.29, 0.717) is 12.6 Å². The van der Waals surface area contributed by atoms with Crippen LogP contribution in [0.2, 0.25) is 0 Å². The number of nitrogens with zero attached hydrogens (tertiary/aromatic N) is 2. The molecule has 18 heavy (non-hydrogen) atoms. The van der Waals surface area contributed by atoms with Gasteiger partial charge in [-0.3, -0.25) is 9.80 Å². The van der Waals surface area contributed by atoms with Gasteiger partial charge in [-0.15, -0.1) is 0 Å². The first-order valence-electron chi connectivity index (χ1n) is 7.01. The fraction of sp³-hybridized carbons (Fsp3) is 0.714. The summed E-state index contributed by atoms with van der Waals surface area (Å²) in [4.78, 5) is 5.23. The second-order valence-corrected chi connectivity index (χ2v) is 5.64. The largest absolute Gasteiger partial charge is 0.468 e. The third-order valence-corrected chi connectivity index (χ3v) is 4.46. The second-order valence-electron chi connectivity index (χ2n) is 5.64. The van der Waals surface area contributed by atoms with E-state index in [2.05, 4.69) is 22.8 Å². The van der Waals surface area contributed by atoms with Crippen LogP contribution in [0, 0.1) is 0 Å². The molecule has 2 aliphatic heterocycles. The number of piperazine rings is 1. The normalized spacial score (nSPS) is 29.7. The zero-order valence-electron chi connectivity index (χ0n) is 11.1. The first-order valence-corrected chi connectivity index (χ1v) is 7.01. The van der Waals surface area contributed by atoms with Crippen LogP contribution < -0.4 is 5.73 Å². The Morgan fingerprint density at radius 2 is 2.33 bits per heavy atom. The summed E-state index contributed by atoms with van der Waals surface area (Å²) in [7, 11) is 0. The Labute approximate surface area is 109 Å². The first kappa shape index (κ1) is 12.2. The standard InChI is InChI=1S/C14H23N3O/c1-11-8-16-5-2-3-13(16)10-17(11)9-12-4-6-18-14(12)7-15/h4,6,11,13H,2-3,5,7-10,15H2,1H3. The lowest BCUT2D eigenvalue weighted by Gasteiger charge is -2.42. The maximum atomic E-state index is 5.70. The van der Waals surface area contributed by atoms with Crippen LogP contribution in [0.5, 0.6) is 0 Å². The first-order chi connectivity index (χ1) is 8.78. The van der Waals surface area contributed by atoms with E-state index in [4.69, 9.17) is 10.2 Å². The summed E-state index contributed by atoms with van der Waals surface area (Å²) in [5.41, 5.74) is 6.96. The van der Waals surface area contributed by atoms with Gasteiger partial charge in [-0.05, 0) is 32.4 Å². The Kier molecular flexibility index (Phi) is 3.41. The highest BCUT2D eigenvalue weighted by Crippen LogP contribution is 2.26. The van der Waals surface area contributed by atoms with Gasteiger partial charge in [0.2, 0.25) is 0 Å². The monoisotopic (exact) mass is 249 g/mol. The molecule has 1 aromatic heterocycles. The molecule has 0 spiro atoms. The number of hydrogen-bond acceptors (Lipinski definition) is 4. The molecular formula is C14H23N3O. The van der Waals surface area contributed by atoms with Gasteiger partial charge in [0.15, 0.2) is 0 Å². The average Bonchev–Trinajstić information content (AvgIpc) is 2.98. The molecule has 0 aliphatic carbocycles. The van der Waals surface area contributed by atoms with Crippen molar-refractivity contribution in [2.75, 3.05) is 19.6 Å². The van der Waals surface area contributed by atoms with E-state index in [-0.39, 0.29) is 0 Å². The van der Waals surface area contributed by atoms with Crippen molar-refractivity contribution in [3.8, 4) is 0 Å². The van der Waals surface area contributed by atoms with E-state index in [9.17, 15) is 0 Å². The van der Waals surface area contributed by atoms with Crippen LogP contribution in [0.1, 0.15) is 31.1 Å². The van der Waals surface area contributed by atoms with Crippen molar-refractivity contribution in [3.05, 3.63) is 23.7 Å². The molecule has 0 amide bonds. The van der Waals surface area contributed by atoms with Gasteiger partial charge in [-0.2, -0.15) is 0 Å². The van der Waals surface area contributed by atoms with E-state index < -0.39 is 0 Å². The Balaban J connectivity index is 1.68. The molecule has 3 heterocycles. The highest BCUT2D eigenvalue weighted by molar-refractivity contribution is 5.17. The zero-order chi connectivity index (χ0) is 12.5. The van der Waals surface area contributed by atoms with Crippen LogP contribution >= 0.6 is 0 Å². The molecule has 2 aliphatic rings. The van der Waals surface area contributed by atoms with Crippen LogP contribution in [0.4, 0.5) is 0 Å². The quantitative estimate of drug-likeness (QED) is 0.879.